The largest absolute Gasteiger partial charge is 0.360 e. The van der Waals surface area contributed by atoms with Crippen molar-refractivity contribution in [2.75, 3.05) is 6.54 Å². The number of aryl methyl sites for hydroxylation is 1. The van der Waals surface area contributed by atoms with E-state index in [1.165, 1.54) is 16.9 Å². The van der Waals surface area contributed by atoms with Gasteiger partial charge in [-0.3, -0.25) is 4.79 Å². The molecule has 3 aromatic rings. The van der Waals surface area contributed by atoms with Crippen LogP contribution in [0.3, 0.4) is 0 Å². The van der Waals surface area contributed by atoms with Crippen molar-refractivity contribution in [3.63, 3.8) is 0 Å². The summed E-state index contributed by atoms with van der Waals surface area (Å²) in [6.45, 7) is 2.33. The molecular formula is C17H15BrN2O2S. The molecule has 0 aliphatic rings. The van der Waals surface area contributed by atoms with Gasteiger partial charge in [-0.2, -0.15) is 0 Å². The summed E-state index contributed by atoms with van der Waals surface area (Å²) >= 11 is 4.95. The molecule has 23 heavy (non-hydrogen) atoms. The van der Waals surface area contributed by atoms with Crippen molar-refractivity contribution in [1.82, 2.24) is 10.5 Å². The molecule has 0 fully saturated rings. The SMILES string of the molecule is Cc1onc(-c2ccc(Br)s2)c1C(=O)NCCc1ccccc1. The van der Waals surface area contributed by atoms with Gasteiger partial charge >= 0.3 is 0 Å². The monoisotopic (exact) mass is 390 g/mol. The van der Waals surface area contributed by atoms with Crippen LogP contribution in [0.1, 0.15) is 21.7 Å². The minimum atomic E-state index is -0.154. The number of carbonyl (C=O) groups excluding carboxylic acids is 1. The van der Waals surface area contributed by atoms with E-state index in [1.807, 2.05) is 42.5 Å². The van der Waals surface area contributed by atoms with Gasteiger partial charge in [0, 0.05) is 6.54 Å². The summed E-state index contributed by atoms with van der Waals surface area (Å²) in [5.41, 5.74) is 2.29. The van der Waals surface area contributed by atoms with E-state index in [0.717, 1.165) is 15.1 Å². The minimum Gasteiger partial charge on any atom is -0.360 e. The molecule has 0 aliphatic carbocycles. The average Bonchev–Trinajstić information content (AvgIpc) is 3.14. The molecule has 0 bridgehead atoms. The number of nitrogens with one attached hydrogen (secondary N) is 1. The maximum atomic E-state index is 12.5. The van der Waals surface area contributed by atoms with Gasteiger partial charge in [-0.15, -0.1) is 11.3 Å². The van der Waals surface area contributed by atoms with Gasteiger partial charge in [0.2, 0.25) is 0 Å². The first-order valence-electron chi connectivity index (χ1n) is 7.19. The summed E-state index contributed by atoms with van der Waals surface area (Å²) in [7, 11) is 0. The summed E-state index contributed by atoms with van der Waals surface area (Å²) in [4.78, 5) is 13.4. The summed E-state index contributed by atoms with van der Waals surface area (Å²) in [5.74, 6) is 0.376. The third kappa shape index (κ3) is 3.71. The van der Waals surface area contributed by atoms with Crippen LogP contribution >= 0.6 is 27.3 Å². The second-order valence-corrected chi connectivity index (χ2v) is 7.52. The highest BCUT2D eigenvalue weighted by Gasteiger charge is 2.22. The Morgan fingerprint density at radius 3 is 2.74 bits per heavy atom. The fourth-order valence-corrected chi connectivity index (χ4v) is 3.68. The van der Waals surface area contributed by atoms with Crippen LogP contribution in [0.5, 0.6) is 0 Å². The zero-order valence-corrected chi connectivity index (χ0v) is 14.9. The molecule has 118 valence electrons. The summed E-state index contributed by atoms with van der Waals surface area (Å²) in [6.07, 6.45) is 0.788. The minimum absolute atomic E-state index is 0.154. The zero-order valence-electron chi connectivity index (χ0n) is 12.5. The highest BCUT2D eigenvalue weighted by Crippen LogP contribution is 2.33. The number of halogens is 1. The van der Waals surface area contributed by atoms with Crippen LogP contribution in [0.15, 0.2) is 50.8 Å². The Morgan fingerprint density at radius 2 is 2.04 bits per heavy atom. The number of hydrogen-bond acceptors (Lipinski definition) is 4. The first-order chi connectivity index (χ1) is 11.1. The van der Waals surface area contributed by atoms with E-state index in [1.54, 1.807) is 6.92 Å². The van der Waals surface area contributed by atoms with Gasteiger partial charge in [0.1, 0.15) is 17.0 Å². The lowest BCUT2D eigenvalue weighted by molar-refractivity contribution is 0.0953. The number of carbonyl (C=O) groups is 1. The molecule has 0 saturated heterocycles. The molecule has 0 saturated carbocycles. The molecule has 0 spiro atoms. The number of amides is 1. The topological polar surface area (TPSA) is 55.1 Å². The van der Waals surface area contributed by atoms with Crippen molar-refractivity contribution in [2.24, 2.45) is 0 Å². The van der Waals surface area contributed by atoms with Crippen LogP contribution in [-0.2, 0) is 6.42 Å². The molecule has 1 N–H and O–H groups in total. The predicted octanol–water partition coefficient (Wildman–Crippen LogP) is 4.45. The highest BCUT2D eigenvalue weighted by atomic mass is 79.9. The van der Waals surface area contributed by atoms with Gasteiger partial charge in [-0.25, -0.2) is 0 Å². The third-order valence-corrected chi connectivity index (χ3v) is 5.07. The third-order valence-electron chi connectivity index (χ3n) is 3.44. The lowest BCUT2D eigenvalue weighted by Crippen LogP contribution is -2.26. The maximum Gasteiger partial charge on any atom is 0.257 e. The summed E-state index contributed by atoms with van der Waals surface area (Å²) in [5, 5.41) is 6.99. The Kier molecular flexibility index (Phi) is 4.93. The first-order valence-corrected chi connectivity index (χ1v) is 8.80. The molecular weight excluding hydrogens is 376 g/mol. The lowest BCUT2D eigenvalue weighted by atomic mass is 10.1. The Morgan fingerprint density at radius 1 is 1.26 bits per heavy atom. The molecule has 0 aliphatic heterocycles. The number of nitrogens with zero attached hydrogens (tertiary/aromatic N) is 1. The van der Waals surface area contributed by atoms with Crippen molar-refractivity contribution in [3.05, 3.63) is 63.1 Å². The van der Waals surface area contributed by atoms with E-state index in [0.29, 0.717) is 23.6 Å². The van der Waals surface area contributed by atoms with Crippen molar-refractivity contribution in [2.45, 2.75) is 13.3 Å². The van der Waals surface area contributed by atoms with Crippen LogP contribution in [0, 0.1) is 6.92 Å². The standard InChI is InChI=1S/C17H15BrN2O2S/c1-11-15(16(20-22-11)13-7-8-14(18)23-13)17(21)19-10-9-12-5-3-2-4-6-12/h2-8H,9-10H2,1H3,(H,19,21). The molecule has 4 nitrogen and oxygen atoms in total. The Hall–Kier alpha value is -1.92. The normalized spacial score (nSPS) is 10.7. The van der Waals surface area contributed by atoms with Crippen molar-refractivity contribution in [3.8, 4) is 10.6 Å². The number of thiophene rings is 1. The summed E-state index contributed by atoms with van der Waals surface area (Å²) < 4.78 is 6.22. The van der Waals surface area contributed by atoms with E-state index in [2.05, 4.69) is 26.4 Å². The molecule has 2 heterocycles. The highest BCUT2D eigenvalue weighted by molar-refractivity contribution is 9.11. The van der Waals surface area contributed by atoms with Gasteiger partial charge in [-0.1, -0.05) is 35.5 Å². The molecule has 3 rings (SSSR count). The molecule has 1 amide bonds. The Balaban J connectivity index is 1.71. The molecule has 2 aromatic heterocycles. The van der Waals surface area contributed by atoms with Crippen molar-refractivity contribution in [1.29, 1.82) is 0 Å². The fourth-order valence-electron chi connectivity index (χ4n) is 2.30. The zero-order chi connectivity index (χ0) is 16.2. The van der Waals surface area contributed by atoms with E-state index < -0.39 is 0 Å². The Labute approximate surface area is 146 Å². The molecule has 6 heteroatoms. The van der Waals surface area contributed by atoms with Crippen LogP contribution in [0.2, 0.25) is 0 Å². The van der Waals surface area contributed by atoms with E-state index in [9.17, 15) is 4.79 Å². The van der Waals surface area contributed by atoms with E-state index in [-0.39, 0.29) is 5.91 Å². The molecule has 0 atom stereocenters. The molecule has 0 unspecified atom stereocenters. The van der Waals surface area contributed by atoms with Gasteiger partial charge < -0.3 is 9.84 Å². The van der Waals surface area contributed by atoms with Crippen molar-refractivity contribution < 1.29 is 9.32 Å². The van der Waals surface area contributed by atoms with Gasteiger partial charge in [0.15, 0.2) is 0 Å². The van der Waals surface area contributed by atoms with Crippen LogP contribution in [0.25, 0.3) is 10.6 Å². The number of hydrogen-bond donors (Lipinski definition) is 1. The number of aromatic nitrogens is 1. The van der Waals surface area contributed by atoms with Gasteiger partial charge in [0.05, 0.1) is 8.66 Å². The number of benzene rings is 1. The second-order valence-electron chi connectivity index (χ2n) is 5.06. The predicted molar refractivity (Wildman–Crippen MR) is 94.7 cm³/mol. The maximum absolute atomic E-state index is 12.5. The van der Waals surface area contributed by atoms with Crippen molar-refractivity contribution >= 4 is 33.2 Å². The quantitative estimate of drug-likeness (QED) is 0.699. The van der Waals surface area contributed by atoms with E-state index in [4.69, 9.17) is 4.52 Å². The van der Waals surface area contributed by atoms with Gasteiger partial charge in [0.25, 0.3) is 5.91 Å². The first kappa shape index (κ1) is 16.0. The fraction of sp³-hybridized carbons (Fsp3) is 0.176. The smallest absolute Gasteiger partial charge is 0.257 e. The van der Waals surface area contributed by atoms with Crippen LogP contribution < -0.4 is 5.32 Å². The van der Waals surface area contributed by atoms with E-state index >= 15 is 0 Å². The summed E-state index contributed by atoms with van der Waals surface area (Å²) in [6, 6.07) is 13.9. The lowest BCUT2D eigenvalue weighted by Gasteiger charge is -2.05. The molecule has 0 radical (unpaired) electrons. The number of rotatable bonds is 5. The van der Waals surface area contributed by atoms with Crippen LogP contribution in [-0.4, -0.2) is 17.6 Å². The second kappa shape index (κ2) is 7.10. The average molecular weight is 391 g/mol. The molecule has 1 aromatic carbocycles. The Bertz CT molecular complexity index is 811. The van der Waals surface area contributed by atoms with Gasteiger partial charge in [-0.05, 0) is 47.0 Å². The van der Waals surface area contributed by atoms with Crippen LogP contribution in [0.4, 0.5) is 0 Å².